The average molecular weight is 478 g/mol. The number of hydrogen-bond donors (Lipinski definition) is 1. The molecule has 2 aromatic heterocycles. The number of carbonyl (C=O) groups is 2. The number of ether oxygens (including phenoxy) is 1. The standard InChI is InChI=1S/C26H24FN3O3S/c1-17-15-22(18(2)30(17)26-29-13-14-34-26)24(31)16-33-25(32)21-5-3-4-6-23(21)28-12-11-19-7-9-20(27)10-8-19/h3-10,13-15,28H,11-12,16H2,1-2H3. The SMILES string of the molecule is Cc1cc(C(=O)COC(=O)c2ccccc2NCCc2ccc(F)cc2)c(C)n1-c1nccs1. The fourth-order valence-electron chi connectivity index (χ4n) is 3.76. The van der Waals surface area contributed by atoms with E-state index < -0.39 is 5.97 Å². The van der Waals surface area contributed by atoms with E-state index >= 15 is 0 Å². The Bertz CT molecular complexity index is 1300. The number of anilines is 1. The molecule has 174 valence electrons. The zero-order chi connectivity index (χ0) is 24.1. The van der Waals surface area contributed by atoms with Gasteiger partial charge in [-0.2, -0.15) is 0 Å². The summed E-state index contributed by atoms with van der Waals surface area (Å²) in [6, 6.07) is 15.1. The maximum absolute atomic E-state index is 13.1. The van der Waals surface area contributed by atoms with E-state index in [0.29, 0.717) is 29.8 Å². The summed E-state index contributed by atoms with van der Waals surface area (Å²) in [5.41, 5.74) is 4.10. The van der Waals surface area contributed by atoms with E-state index in [-0.39, 0.29) is 18.2 Å². The topological polar surface area (TPSA) is 73.2 Å². The minimum atomic E-state index is -0.577. The van der Waals surface area contributed by atoms with Crippen LogP contribution in [0, 0.1) is 19.7 Å². The molecule has 2 aromatic carbocycles. The molecule has 4 aromatic rings. The Morgan fingerprint density at radius 1 is 1.09 bits per heavy atom. The number of Topliss-reactive ketones (excluding diaryl/α,β-unsaturated/α-hetero) is 1. The Morgan fingerprint density at radius 3 is 2.59 bits per heavy atom. The monoisotopic (exact) mass is 477 g/mol. The fourth-order valence-corrected chi connectivity index (χ4v) is 4.51. The smallest absolute Gasteiger partial charge is 0.340 e. The number of esters is 1. The first-order valence-electron chi connectivity index (χ1n) is 10.8. The third-order valence-electron chi connectivity index (χ3n) is 5.47. The van der Waals surface area contributed by atoms with Gasteiger partial charge in [-0.05, 0) is 56.2 Å². The number of para-hydroxylation sites is 1. The molecule has 0 saturated carbocycles. The second-order valence-corrected chi connectivity index (χ2v) is 8.66. The number of ketones is 1. The predicted molar refractivity (Wildman–Crippen MR) is 131 cm³/mol. The molecule has 0 radical (unpaired) electrons. The molecule has 34 heavy (non-hydrogen) atoms. The summed E-state index contributed by atoms with van der Waals surface area (Å²) in [5, 5.41) is 5.89. The number of rotatable bonds is 9. The van der Waals surface area contributed by atoms with Crippen LogP contribution >= 0.6 is 11.3 Å². The Hall–Kier alpha value is -3.78. The highest BCUT2D eigenvalue weighted by Gasteiger charge is 2.20. The summed E-state index contributed by atoms with van der Waals surface area (Å²) in [6.45, 7) is 3.96. The van der Waals surface area contributed by atoms with Gasteiger partial charge in [0.2, 0.25) is 5.78 Å². The van der Waals surface area contributed by atoms with Crippen molar-refractivity contribution in [2.45, 2.75) is 20.3 Å². The van der Waals surface area contributed by atoms with Gasteiger partial charge < -0.3 is 10.1 Å². The van der Waals surface area contributed by atoms with Crippen molar-refractivity contribution in [3.8, 4) is 5.13 Å². The van der Waals surface area contributed by atoms with Crippen LogP contribution in [0.4, 0.5) is 10.1 Å². The maximum atomic E-state index is 13.1. The van der Waals surface area contributed by atoms with Crippen LogP contribution in [0.3, 0.4) is 0 Å². The second kappa shape index (κ2) is 10.4. The lowest BCUT2D eigenvalue weighted by atomic mass is 10.1. The van der Waals surface area contributed by atoms with Crippen LogP contribution in [-0.4, -0.2) is 34.5 Å². The largest absolute Gasteiger partial charge is 0.454 e. The molecular formula is C26H24FN3O3S. The molecule has 0 atom stereocenters. The lowest BCUT2D eigenvalue weighted by Gasteiger charge is -2.12. The molecule has 6 nitrogen and oxygen atoms in total. The molecule has 2 heterocycles. The molecule has 0 aliphatic heterocycles. The van der Waals surface area contributed by atoms with Crippen molar-refractivity contribution in [2.24, 2.45) is 0 Å². The van der Waals surface area contributed by atoms with Gasteiger partial charge >= 0.3 is 5.97 Å². The predicted octanol–water partition coefficient (Wildman–Crippen LogP) is 5.38. The Labute approximate surface area is 201 Å². The summed E-state index contributed by atoms with van der Waals surface area (Å²) in [4.78, 5) is 29.9. The van der Waals surface area contributed by atoms with Crippen molar-refractivity contribution in [1.29, 1.82) is 0 Å². The third-order valence-corrected chi connectivity index (χ3v) is 6.22. The van der Waals surface area contributed by atoms with E-state index in [0.717, 1.165) is 22.1 Å². The summed E-state index contributed by atoms with van der Waals surface area (Å²) >= 11 is 1.48. The molecule has 0 amide bonds. The number of halogens is 1. The minimum absolute atomic E-state index is 0.272. The van der Waals surface area contributed by atoms with Crippen LogP contribution < -0.4 is 5.32 Å². The van der Waals surface area contributed by atoms with Crippen LogP contribution in [0.25, 0.3) is 5.13 Å². The highest BCUT2D eigenvalue weighted by atomic mass is 32.1. The molecule has 0 unspecified atom stereocenters. The van der Waals surface area contributed by atoms with Crippen LogP contribution in [-0.2, 0) is 11.2 Å². The number of carbonyl (C=O) groups excluding carboxylic acids is 2. The van der Waals surface area contributed by atoms with Gasteiger partial charge in [0.15, 0.2) is 11.7 Å². The molecule has 0 spiro atoms. The number of hydrogen-bond acceptors (Lipinski definition) is 6. The lowest BCUT2D eigenvalue weighted by molar-refractivity contribution is 0.0475. The van der Waals surface area contributed by atoms with Gasteiger partial charge in [0.25, 0.3) is 0 Å². The van der Waals surface area contributed by atoms with Crippen molar-refractivity contribution >= 4 is 28.8 Å². The lowest BCUT2D eigenvalue weighted by Crippen LogP contribution is -2.17. The van der Waals surface area contributed by atoms with Crippen molar-refractivity contribution in [3.05, 3.63) is 100 Å². The first kappa shape index (κ1) is 23.4. The van der Waals surface area contributed by atoms with Gasteiger partial charge in [-0.15, -0.1) is 11.3 Å². The van der Waals surface area contributed by atoms with E-state index in [9.17, 15) is 14.0 Å². The molecule has 0 aliphatic rings. The van der Waals surface area contributed by atoms with Crippen LogP contribution in [0.1, 0.15) is 37.7 Å². The first-order chi connectivity index (χ1) is 16.4. The summed E-state index contributed by atoms with van der Waals surface area (Å²) in [5.74, 6) is -1.12. The van der Waals surface area contributed by atoms with E-state index in [4.69, 9.17) is 4.74 Å². The van der Waals surface area contributed by atoms with Gasteiger partial charge in [-0.1, -0.05) is 24.3 Å². The van der Waals surface area contributed by atoms with Gasteiger partial charge in [0, 0.05) is 40.8 Å². The highest BCUT2D eigenvalue weighted by Crippen LogP contribution is 2.23. The van der Waals surface area contributed by atoms with Gasteiger partial charge in [0.05, 0.1) is 5.56 Å². The average Bonchev–Trinajstić information content (AvgIpc) is 3.46. The summed E-state index contributed by atoms with van der Waals surface area (Å²) in [7, 11) is 0. The van der Waals surface area contributed by atoms with E-state index in [2.05, 4.69) is 10.3 Å². The Kier molecular flexibility index (Phi) is 7.18. The zero-order valence-electron chi connectivity index (χ0n) is 18.9. The van der Waals surface area contributed by atoms with Crippen molar-refractivity contribution < 1.29 is 18.7 Å². The number of aryl methyl sites for hydroxylation is 1. The molecule has 0 fully saturated rings. The van der Waals surface area contributed by atoms with Gasteiger partial charge in [0.1, 0.15) is 5.82 Å². The van der Waals surface area contributed by atoms with Crippen LogP contribution in [0.15, 0.2) is 66.2 Å². The maximum Gasteiger partial charge on any atom is 0.340 e. The zero-order valence-corrected chi connectivity index (χ0v) is 19.7. The fraction of sp³-hybridized carbons (Fsp3) is 0.192. The number of thiazole rings is 1. The van der Waals surface area contributed by atoms with Crippen molar-refractivity contribution in [2.75, 3.05) is 18.5 Å². The minimum Gasteiger partial charge on any atom is -0.454 e. The third kappa shape index (κ3) is 5.23. The molecule has 0 bridgehead atoms. The molecule has 4 rings (SSSR count). The molecule has 0 saturated heterocycles. The molecule has 0 aliphatic carbocycles. The number of nitrogens with one attached hydrogen (secondary N) is 1. The quantitative estimate of drug-likeness (QED) is 0.259. The van der Waals surface area contributed by atoms with Crippen LogP contribution in [0.2, 0.25) is 0 Å². The Morgan fingerprint density at radius 2 is 1.85 bits per heavy atom. The van der Waals surface area contributed by atoms with Crippen molar-refractivity contribution in [1.82, 2.24) is 9.55 Å². The van der Waals surface area contributed by atoms with E-state index in [1.165, 1.54) is 23.5 Å². The number of benzene rings is 2. The normalized spacial score (nSPS) is 10.8. The highest BCUT2D eigenvalue weighted by molar-refractivity contribution is 7.12. The molecular weight excluding hydrogens is 453 g/mol. The van der Waals surface area contributed by atoms with E-state index in [1.54, 1.807) is 42.6 Å². The Balaban J connectivity index is 1.38. The van der Waals surface area contributed by atoms with Gasteiger partial charge in [-0.25, -0.2) is 14.2 Å². The van der Waals surface area contributed by atoms with E-state index in [1.807, 2.05) is 29.9 Å². The number of aromatic nitrogens is 2. The van der Waals surface area contributed by atoms with Gasteiger partial charge in [-0.3, -0.25) is 9.36 Å². The first-order valence-corrected chi connectivity index (χ1v) is 11.7. The second-order valence-electron chi connectivity index (χ2n) is 7.78. The molecule has 8 heteroatoms. The van der Waals surface area contributed by atoms with Crippen LogP contribution in [0.5, 0.6) is 0 Å². The van der Waals surface area contributed by atoms with Crippen molar-refractivity contribution in [3.63, 3.8) is 0 Å². The summed E-state index contributed by atoms with van der Waals surface area (Å²) < 4.78 is 20.3. The summed E-state index contributed by atoms with van der Waals surface area (Å²) in [6.07, 6.45) is 2.38. The molecule has 1 N–H and O–H groups in total. The number of nitrogens with zero attached hydrogens (tertiary/aromatic N) is 2.